The molecule has 0 aliphatic heterocycles. The van der Waals surface area contributed by atoms with Gasteiger partial charge in [-0.05, 0) is 30.9 Å². The first-order valence-corrected chi connectivity index (χ1v) is 8.36. The number of thiophene rings is 4. The van der Waals surface area contributed by atoms with Crippen molar-refractivity contribution in [1.29, 1.82) is 0 Å². The lowest BCUT2D eigenvalue weighted by Gasteiger charge is -1.79. The summed E-state index contributed by atoms with van der Waals surface area (Å²) in [7, 11) is 0. The van der Waals surface area contributed by atoms with E-state index in [1.807, 2.05) is 45.3 Å². The van der Waals surface area contributed by atoms with Crippen LogP contribution < -0.4 is 0 Å². The molecule has 0 aromatic carbocycles. The van der Waals surface area contributed by atoms with Gasteiger partial charge in [0.2, 0.25) is 0 Å². The minimum Gasteiger partial charge on any atom is -0.141 e. The Hall–Kier alpha value is -0.420. The van der Waals surface area contributed by atoms with Crippen molar-refractivity contribution >= 4 is 73.5 Å². The average Bonchev–Trinajstić information content (AvgIpc) is 2.89. The summed E-state index contributed by atoms with van der Waals surface area (Å²) in [6.45, 7) is 4.42. The third-order valence-electron chi connectivity index (χ3n) is 2.77. The Bertz CT molecular complexity index is 821. The van der Waals surface area contributed by atoms with Crippen LogP contribution in [0.4, 0.5) is 0 Å². The molecule has 0 unspecified atom stereocenters. The predicted molar refractivity (Wildman–Crippen MR) is 79.9 cm³/mol. The quantitative estimate of drug-likeness (QED) is 0.370. The number of hydrogen-bond acceptors (Lipinski definition) is 4. The molecule has 80 valence electrons. The summed E-state index contributed by atoms with van der Waals surface area (Å²) in [5.74, 6) is 0. The molecule has 0 aliphatic carbocycles. The molecule has 0 fully saturated rings. The second-order valence-electron chi connectivity index (χ2n) is 3.99. The molecule has 4 heteroatoms. The average molecular weight is 280 g/mol. The van der Waals surface area contributed by atoms with Gasteiger partial charge in [-0.1, -0.05) is 0 Å². The van der Waals surface area contributed by atoms with Crippen molar-refractivity contribution in [2.24, 2.45) is 0 Å². The molecule has 0 amide bonds. The molecule has 4 aromatic rings. The summed E-state index contributed by atoms with van der Waals surface area (Å²) in [5, 5.41) is 2.28. The number of rotatable bonds is 0. The highest BCUT2D eigenvalue weighted by Crippen LogP contribution is 2.49. The van der Waals surface area contributed by atoms with Crippen molar-refractivity contribution in [3.8, 4) is 0 Å². The second kappa shape index (κ2) is 3.07. The lowest BCUT2D eigenvalue weighted by atomic mass is 10.3. The molecular weight excluding hydrogens is 272 g/mol. The molecule has 16 heavy (non-hydrogen) atoms. The molecule has 0 bridgehead atoms. The highest BCUT2D eigenvalue weighted by Gasteiger charge is 2.15. The van der Waals surface area contributed by atoms with Crippen molar-refractivity contribution < 1.29 is 0 Å². The Morgan fingerprint density at radius 2 is 1.62 bits per heavy atom. The van der Waals surface area contributed by atoms with Gasteiger partial charge in [-0.25, -0.2) is 0 Å². The first-order chi connectivity index (χ1) is 7.74. The van der Waals surface area contributed by atoms with Crippen LogP contribution in [0.15, 0.2) is 11.4 Å². The fourth-order valence-corrected chi connectivity index (χ4v) is 7.54. The van der Waals surface area contributed by atoms with E-state index in [1.54, 1.807) is 0 Å². The molecule has 0 spiro atoms. The van der Waals surface area contributed by atoms with Crippen LogP contribution >= 0.6 is 45.3 Å². The van der Waals surface area contributed by atoms with Crippen LogP contribution in [0.5, 0.6) is 0 Å². The Morgan fingerprint density at radius 1 is 0.812 bits per heavy atom. The smallest absolute Gasteiger partial charge is 0.0650 e. The Balaban J connectivity index is 2.31. The highest BCUT2D eigenvalue weighted by atomic mass is 32.1. The van der Waals surface area contributed by atoms with E-state index in [-0.39, 0.29) is 0 Å². The van der Waals surface area contributed by atoms with Gasteiger partial charge in [0.25, 0.3) is 0 Å². The van der Waals surface area contributed by atoms with Crippen LogP contribution in [0.3, 0.4) is 0 Å². The standard InChI is InChI=1S/C12H8S4/c1-5-4-13-10-8(5)16-11-9-7(15-12(10)11)3-6(2)14-9/h3-4H,1-2H3. The summed E-state index contributed by atoms with van der Waals surface area (Å²) >= 11 is 7.78. The maximum Gasteiger partial charge on any atom is 0.0650 e. The molecule has 0 N–H and O–H groups in total. The van der Waals surface area contributed by atoms with Crippen LogP contribution in [0.1, 0.15) is 10.4 Å². The van der Waals surface area contributed by atoms with Gasteiger partial charge in [0.1, 0.15) is 0 Å². The third kappa shape index (κ3) is 1.08. The van der Waals surface area contributed by atoms with Crippen LogP contribution in [-0.4, -0.2) is 0 Å². The van der Waals surface area contributed by atoms with E-state index in [1.165, 1.54) is 38.6 Å². The highest BCUT2D eigenvalue weighted by molar-refractivity contribution is 7.44. The SMILES string of the molecule is Cc1cc2sc3c4scc(C)c4sc3c2s1. The molecule has 0 aliphatic rings. The largest absolute Gasteiger partial charge is 0.141 e. The summed E-state index contributed by atoms with van der Waals surface area (Å²) < 4.78 is 9.01. The minimum absolute atomic E-state index is 1.43. The third-order valence-corrected chi connectivity index (χ3v) is 8.10. The summed E-state index contributed by atoms with van der Waals surface area (Å²) in [6, 6.07) is 2.32. The van der Waals surface area contributed by atoms with Crippen molar-refractivity contribution in [2.45, 2.75) is 13.8 Å². The molecule has 0 saturated carbocycles. The van der Waals surface area contributed by atoms with Gasteiger partial charge in [-0.3, -0.25) is 0 Å². The summed E-state index contributed by atoms with van der Waals surface area (Å²) in [4.78, 5) is 1.43. The van der Waals surface area contributed by atoms with Crippen molar-refractivity contribution in [3.05, 3.63) is 21.9 Å². The van der Waals surface area contributed by atoms with E-state index in [0.717, 1.165) is 0 Å². The Labute approximate surface area is 109 Å². The number of aryl methyl sites for hydroxylation is 2. The van der Waals surface area contributed by atoms with Gasteiger partial charge in [-0.15, -0.1) is 45.3 Å². The van der Waals surface area contributed by atoms with Gasteiger partial charge in [0.05, 0.1) is 23.5 Å². The molecule has 0 saturated heterocycles. The lowest BCUT2D eigenvalue weighted by Crippen LogP contribution is -1.53. The number of hydrogen-bond donors (Lipinski definition) is 0. The van der Waals surface area contributed by atoms with Gasteiger partial charge in [0, 0.05) is 9.58 Å². The molecule has 4 heterocycles. The van der Waals surface area contributed by atoms with Crippen LogP contribution in [0.25, 0.3) is 28.2 Å². The van der Waals surface area contributed by atoms with Gasteiger partial charge in [-0.2, -0.15) is 0 Å². The zero-order valence-electron chi connectivity index (χ0n) is 8.79. The van der Waals surface area contributed by atoms with Gasteiger partial charge >= 0.3 is 0 Å². The molecular formula is C12H8S4. The second-order valence-corrected chi connectivity index (χ2v) is 8.20. The number of fused-ring (bicyclic) bond motifs is 5. The normalized spacial score (nSPS) is 12.4. The molecule has 4 aromatic heterocycles. The monoisotopic (exact) mass is 280 g/mol. The van der Waals surface area contributed by atoms with Crippen LogP contribution in [-0.2, 0) is 0 Å². The van der Waals surface area contributed by atoms with Crippen molar-refractivity contribution in [1.82, 2.24) is 0 Å². The fourth-order valence-electron chi connectivity index (χ4n) is 2.05. The Morgan fingerprint density at radius 3 is 2.50 bits per heavy atom. The lowest BCUT2D eigenvalue weighted by molar-refractivity contribution is 1.63. The topological polar surface area (TPSA) is 0 Å². The first kappa shape index (κ1) is 9.59. The fraction of sp³-hybridized carbons (Fsp3) is 0.167. The van der Waals surface area contributed by atoms with E-state index >= 15 is 0 Å². The minimum atomic E-state index is 1.43. The van der Waals surface area contributed by atoms with E-state index in [0.29, 0.717) is 0 Å². The molecule has 0 nitrogen and oxygen atoms in total. The van der Waals surface area contributed by atoms with Gasteiger partial charge < -0.3 is 0 Å². The van der Waals surface area contributed by atoms with E-state index < -0.39 is 0 Å². The zero-order chi connectivity index (χ0) is 10.9. The van der Waals surface area contributed by atoms with Crippen molar-refractivity contribution in [3.63, 3.8) is 0 Å². The molecule has 0 atom stereocenters. The summed E-state index contributed by atoms with van der Waals surface area (Å²) in [5.41, 5.74) is 1.44. The predicted octanol–water partition coefficient (Wildman–Crippen LogP) is 6.01. The molecule has 0 radical (unpaired) electrons. The maximum atomic E-state index is 2.32. The Kier molecular flexibility index (Phi) is 1.84. The molecule has 4 rings (SSSR count). The van der Waals surface area contributed by atoms with Crippen LogP contribution in [0.2, 0.25) is 0 Å². The first-order valence-electron chi connectivity index (χ1n) is 5.03. The van der Waals surface area contributed by atoms with Crippen LogP contribution in [0, 0.1) is 13.8 Å². The maximum absolute atomic E-state index is 2.32. The van der Waals surface area contributed by atoms with E-state index in [2.05, 4.69) is 25.3 Å². The van der Waals surface area contributed by atoms with E-state index in [9.17, 15) is 0 Å². The summed E-state index contributed by atoms with van der Waals surface area (Å²) in [6.07, 6.45) is 0. The zero-order valence-corrected chi connectivity index (χ0v) is 12.1. The van der Waals surface area contributed by atoms with Crippen molar-refractivity contribution in [2.75, 3.05) is 0 Å². The van der Waals surface area contributed by atoms with Gasteiger partial charge in [0.15, 0.2) is 0 Å². The van der Waals surface area contributed by atoms with E-state index in [4.69, 9.17) is 0 Å².